The first kappa shape index (κ1) is 15.7. The molecular weight excluding hydrogens is 268 g/mol. The highest BCUT2D eigenvalue weighted by Gasteiger charge is 2.32. The van der Waals surface area contributed by atoms with Crippen molar-refractivity contribution in [2.75, 3.05) is 0 Å². The van der Waals surface area contributed by atoms with E-state index in [-0.39, 0.29) is 6.10 Å². The fourth-order valence-corrected chi connectivity index (χ4v) is 4.14. The van der Waals surface area contributed by atoms with E-state index >= 15 is 0 Å². The fourth-order valence-electron chi connectivity index (χ4n) is 3.11. The first-order chi connectivity index (χ1) is 9.56. The van der Waals surface area contributed by atoms with Gasteiger partial charge in [-0.25, -0.2) is 4.21 Å². The van der Waals surface area contributed by atoms with Crippen molar-refractivity contribution in [2.45, 2.75) is 51.9 Å². The van der Waals surface area contributed by atoms with Gasteiger partial charge in [-0.3, -0.25) is 4.18 Å². The van der Waals surface area contributed by atoms with E-state index in [2.05, 4.69) is 20.8 Å². The summed E-state index contributed by atoms with van der Waals surface area (Å²) in [5.41, 5.74) is 1.08. The van der Waals surface area contributed by atoms with E-state index in [9.17, 15) is 4.21 Å². The van der Waals surface area contributed by atoms with Gasteiger partial charge in [0.1, 0.15) is 0 Å². The quantitative estimate of drug-likeness (QED) is 0.808. The molecule has 0 heterocycles. The Labute approximate surface area is 125 Å². The standard InChI is InChI=1S/C17H26O2S/c1-13(2)16-10-9-14(3)11-17(16)19-20(18)12-15-7-5-4-6-8-15/h4-8,13-14,16-17H,9-12H2,1-3H3/t14-,16+,17-,20+/m1/s1. The Morgan fingerprint density at radius 1 is 1.25 bits per heavy atom. The molecule has 1 fully saturated rings. The predicted molar refractivity (Wildman–Crippen MR) is 84.5 cm³/mol. The summed E-state index contributed by atoms with van der Waals surface area (Å²) in [6.07, 6.45) is 3.67. The summed E-state index contributed by atoms with van der Waals surface area (Å²) >= 11 is -1.22. The summed E-state index contributed by atoms with van der Waals surface area (Å²) in [4.78, 5) is 0. The molecule has 1 aromatic carbocycles. The third kappa shape index (κ3) is 4.42. The van der Waals surface area contributed by atoms with E-state index in [0.29, 0.717) is 23.5 Å². The smallest absolute Gasteiger partial charge is 0.160 e. The monoisotopic (exact) mass is 294 g/mol. The van der Waals surface area contributed by atoms with Gasteiger partial charge >= 0.3 is 0 Å². The van der Waals surface area contributed by atoms with Crippen LogP contribution in [0.3, 0.4) is 0 Å². The first-order valence-corrected chi connectivity index (χ1v) is 8.90. The average Bonchev–Trinajstić information content (AvgIpc) is 2.39. The number of benzene rings is 1. The Bertz CT molecular complexity index is 430. The minimum atomic E-state index is -1.22. The summed E-state index contributed by atoms with van der Waals surface area (Å²) < 4.78 is 18.2. The van der Waals surface area contributed by atoms with Crippen LogP contribution >= 0.6 is 0 Å². The summed E-state index contributed by atoms with van der Waals surface area (Å²) in [7, 11) is 0. The minimum absolute atomic E-state index is 0.156. The van der Waals surface area contributed by atoms with Gasteiger partial charge in [-0.2, -0.15) is 0 Å². The van der Waals surface area contributed by atoms with Crippen molar-refractivity contribution < 1.29 is 8.39 Å². The number of hydrogen-bond acceptors (Lipinski definition) is 2. The van der Waals surface area contributed by atoms with Gasteiger partial charge in [0.15, 0.2) is 11.1 Å². The van der Waals surface area contributed by atoms with Crippen LogP contribution in [0.2, 0.25) is 0 Å². The van der Waals surface area contributed by atoms with Gasteiger partial charge in [-0.15, -0.1) is 0 Å². The van der Waals surface area contributed by atoms with Crippen molar-refractivity contribution in [3.8, 4) is 0 Å². The van der Waals surface area contributed by atoms with Crippen molar-refractivity contribution >= 4 is 11.1 Å². The Morgan fingerprint density at radius 2 is 1.95 bits per heavy atom. The van der Waals surface area contributed by atoms with E-state index in [1.54, 1.807) is 0 Å². The minimum Gasteiger partial charge on any atom is -0.287 e. The molecule has 4 atom stereocenters. The molecule has 1 aromatic rings. The van der Waals surface area contributed by atoms with Crippen LogP contribution < -0.4 is 0 Å². The lowest BCUT2D eigenvalue weighted by atomic mass is 9.75. The lowest BCUT2D eigenvalue weighted by molar-refractivity contribution is 0.0565. The molecule has 0 bridgehead atoms. The molecule has 1 saturated carbocycles. The van der Waals surface area contributed by atoms with E-state index in [4.69, 9.17) is 4.18 Å². The molecule has 0 amide bonds. The summed E-state index contributed by atoms with van der Waals surface area (Å²) in [6, 6.07) is 9.94. The highest BCUT2D eigenvalue weighted by Crippen LogP contribution is 2.35. The third-order valence-corrected chi connectivity index (χ3v) is 5.35. The molecule has 0 saturated heterocycles. The molecule has 1 aliphatic rings. The van der Waals surface area contributed by atoms with Crippen LogP contribution in [0.5, 0.6) is 0 Å². The largest absolute Gasteiger partial charge is 0.287 e. The molecule has 1 aliphatic carbocycles. The maximum atomic E-state index is 12.2. The Hall–Kier alpha value is -0.670. The van der Waals surface area contributed by atoms with Gasteiger partial charge < -0.3 is 0 Å². The molecule has 112 valence electrons. The van der Waals surface area contributed by atoms with Crippen molar-refractivity contribution in [1.82, 2.24) is 0 Å². The molecule has 0 aliphatic heterocycles. The molecule has 0 N–H and O–H groups in total. The van der Waals surface area contributed by atoms with Crippen LogP contribution in [-0.2, 0) is 21.0 Å². The Morgan fingerprint density at radius 3 is 2.60 bits per heavy atom. The second kappa shape index (κ2) is 7.37. The summed E-state index contributed by atoms with van der Waals surface area (Å²) in [5.74, 6) is 2.33. The average molecular weight is 294 g/mol. The van der Waals surface area contributed by atoms with Crippen molar-refractivity contribution in [3.05, 3.63) is 35.9 Å². The highest BCUT2D eigenvalue weighted by atomic mass is 32.2. The normalized spacial score (nSPS) is 28.5. The molecule has 0 spiro atoms. The second-order valence-corrected chi connectivity index (χ2v) is 7.48. The summed E-state index contributed by atoms with van der Waals surface area (Å²) in [5, 5.41) is 0. The Balaban J connectivity index is 1.94. The second-order valence-electron chi connectivity index (χ2n) is 6.39. The van der Waals surface area contributed by atoms with Crippen molar-refractivity contribution in [3.63, 3.8) is 0 Å². The molecular formula is C17H26O2S. The predicted octanol–water partition coefficient (Wildman–Crippen LogP) is 4.33. The van der Waals surface area contributed by atoms with E-state index in [0.717, 1.165) is 12.0 Å². The highest BCUT2D eigenvalue weighted by molar-refractivity contribution is 7.79. The lowest BCUT2D eigenvalue weighted by Gasteiger charge is -2.36. The van der Waals surface area contributed by atoms with E-state index in [1.807, 2.05) is 30.3 Å². The summed E-state index contributed by atoms with van der Waals surface area (Å²) in [6.45, 7) is 6.77. The van der Waals surface area contributed by atoms with Crippen LogP contribution in [0.25, 0.3) is 0 Å². The topological polar surface area (TPSA) is 26.3 Å². The van der Waals surface area contributed by atoms with Crippen LogP contribution in [0.15, 0.2) is 30.3 Å². The molecule has 2 rings (SSSR count). The first-order valence-electron chi connectivity index (χ1n) is 7.65. The number of hydrogen-bond donors (Lipinski definition) is 0. The lowest BCUT2D eigenvalue weighted by Crippen LogP contribution is -2.34. The number of rotatable bonds is 5. The van der Waals surface area contributed by atoms with Gasteiger partial charge in [0.2, 0.25) is 0 Å². The van der Waals surface area contributed by atoms with Crippen LogP contribution in [-0.4, -0.2) is 10.3 Å². The van der Waals surface area contributed by atoms with Crippen molar-refractivity contribution in [2.24, 2.45) is 17.8 Å². The molecule has 0 radical (unpaired) electrons. The third-order valence-electron chi connectivity index (χ3n) is 4.32. The zero-order valence-corrected chi connectivity index (χ0v) is 13.6. The SMILES string of the molecule is CC(C)[C@@H]1CC[C@@H](C)C[C@H]1O[S@](=O)Cc1ccccc1. The van der Waals surface area contributed by atoms with E-state index < -0.39 is 11.1 Å². The van der Waals surface area contributed by atoms with E-state index in [1.165, 1.54) is 12.8 Å². The Kier molecular flexibility index (Phi) is 5.79. The molecule has 3 heteroatoms. The molecule has 20 heavy (non-hydrogen) atoms. The van der Waals surface area contributed by atoms with Crippen molar-refractivity contribution in [1.29, 1.82) is 0 Å². The van der Waals surface area contributed by atoms with Gasteiger partial charge in [0.05, 0.1) is 11.9 Å². The van der Waals surface area contributed by atoms with Gasteiger partial charge in [-0.1, -0.05) is 57.5 Å². The zero-order valence-electron chi connectivity index (χ0n) is 12.7. The van der Waals surface area contributed by atoms with Crippen LogP contribution in [0, 0.1) is 17.8 Å². The molecule has 0 aromatic heterocycles. The van der Waals surface area contributed by atoms with Gasteiger partial charge in [0, 0.05) is 0 Å². The molecule has 2 nitrogen and oxygen atoms in total. The molecule has 0 unspecified atom stereocenters. The maximum Gasteiger partial charge on any atom is 0.160 e. The van der Waals surface area contributed by atoms with Crippen LogP contribution in [0.4, 0.5) is 0 Å². The van der Waals surface area contributed by atoms with Gasteiger partial charge in [-0.05, 0) is 36.2 Å². The van der Waals surface area contributed by atoms with Gasteiger partial charge in [0.25, 0.3) is 0 Å². The zero-order chi connectivity index (χ0) is 14.5. The van der Waals surface area contributed by atoms with Crippen LogP contribution in [0.1, 0.15) is 45.6 Å². The maximum absolute atomic E-state index is 12.2. The fraction of sp³-hybridized carbons (Fsp3) is 0.647.